The minimum absolute atomic E-state index is 0. The van der Waals surface area contributed by atoms with E-state index in [0.29, 0.717) is 0 Å². The maximum atomic E-state index is 10.2. The smallest absolute Gasteiger partial charge is 0.550 e. The number of aliphatic carboxylic acids is 3. The van der Waals surface area contributed by atoms with Gasteiger partial charge in [-0.2, -0.15) is 0 Å². The van der Waals surface area contributed by atoms with E-state index in [2.05, 4.69) is 20.8 Å². The van der Waals surface area contributed by atoms with Crippen LogP contribution in [-0.2, 0) is 14.4 Å². The summed E-state index contributed by atoms with van der Waals surface area (Å²) in [4.78, 5) is 30.7. The van der Waals surface area contributed by atoms with Crippen molar-refractivity contribution in [3.8, 4) is 0 Å². The first-order valence-corrected chi connectivity index (χ1v) is 27.1. The molecule has 378 valence electrons. The van der Waals surface area contributed by atoms with Crippen molar-refractivity contribution < 1.29 is 80.6 Å². The van der Waals surface area contributed by atoms with Crippen LogP contribution in [0.25, 0.3) is 0 Å². The van der Waals surface area contributed by atoms with Crippen molar-refractivity contribution in [2.45, 2.75) is 328 Å². The van der Waals surface area contributed by atoms with Crippen LogP contribution in [0.2, 0.25) is 0 Å². The molecular weight excluding hydrogens is 931 g/mol. The molecule has 0 amide bonds. The average molecular weight is 1040 g/mol. The predicted molar refractivity (Wildman–Crippen MR) is 258 cm³/mol. The van der Waals surface area contributed by atoms with Gasteiger partial charge in [-0.1, -0.05) is 233 Å². The molecule has 0 bridgehead atoms. The molecule has 3 atom stereocenters. The van der Waals surface area contributed by atoms with Gasteiger partial charge in [0.1, 0.15) is 0 Å². The molecule has 0 spiro atoms. The molecule has 64 heavy (non-hydrogen) atoms. The van der Waals surface area contributed by atoms with Crippen LogP contribution in [0.15, 0.2) is 0 Å². The van der Waals surface area contributed by atoms with E-state index in [0.717, 1.165) is 116 Å². The molecule has 0 saturated heterocycles. The van der Waals surface area contributed by atoms with E-state index in [1.165, 1.54) is 154 Å². The standard InChI is InChI=1S/3C18H36O3.La/c3*1-2-3-4-11-14-17(19)15-12-9-7-5-6-8-10-13-16-18(20)21;/h3*17,19H,2-16H2,1H3,(H,20,21);/q;;;+3/p-3. The summed E-state index contributed by atoms with van der Waals surface area (Å²) in [5.41, 5.74) is 0. The van der Waals surface area contributed by atoms with Gasteiger partial charge in [0.05, 0.1) is 18.3 Å². The van der Waals surface area contributed by atoms with Gasteiger partial charge in [0.25, 0.3) is 0 Å². The number of aliphatic hydroxyl groups is 3. The van der Waals surface area contributed by atoms with Gasteiger partial charge in [-0.3, -0.25) is 0 Å². The largest absolute Gasteiger partial charge is 3.00 e. The molecule has 3 unspecified atom stereocenters. The Labute approximate surface area is 423 Å². The SMILES string of the molecule is CCCCCCC(O)CCCCCCCCCCC(=O)[O-].CCCCCCC(O)CCCCCCCCCCC(=O)[O-].CCCCCCC(O)CCCCCCCCCCC(=O)[O-].[La+3]. The summed E-state index contributed by atoms with van der Waals surface area (Å²) < 4.78 is 0. The fourth-order valence-electron chi connectivity index (χ4n) is 7.98. The molecule has 0 fully saturated rings. The Morgan fingerprint density at radius 3 is 0.578 bits per heavy atom. The van der Waals surface area contributed by atoms with E-state index in [9.17, 15) is 45.0 Å². The monoisotopic (exact) mass is 1040 g/mol. The molecule has 0 saturated carbocycles. The van der Waals surface area contributed by atoms with Gasteiger partial charge in [0.15, 0.2) is 0 Å². The second-order valence-corrected chi connectivity index (χ2v) is 18.7. The van der Waals surface area contributed by atoms with Crippen LogP contribution in [0.5, 0.6) is 0 Å². The third-order valence-corrected chi connectivity index (χ3v) is 12.2. The minimum atomic E-state index is -0.928. The summed E-state index contributed by atoms with van der Waals surface area (Å²) in [6.07, 6.45) is 47.8. The van der Waals surface area contributed by atoms with Crippen molar-refractivity contribution in [3.05, 3.63) is 0 Å². The molecule has 10 heteroatoms. The fraction of sp³-hybridized carbons (Fsp3) is 0.944. The Bertz CT molecular complexity index is 807. The van der Waals surface area contributed by atoms with Gasteiger partial charge in [0, 0.05) is 17.9 Å². The molecule has 0 aromatic rings. The first kappa shape index (κ1) is 70.0. The van der Waals surface area contributed by atoms with Crippen molar-refractivity contribution in [1.29, 1.82) is 0 Å². The van der Waals surface area contributed by atoms with Gasteiger partial charge >= 0.3 is 35.6 Å². The molecule has 0 aliphatic heterocycles. The molecule has 0 radical (unpaired) electrons. The summed E-state index contributed by atoms with van der Waals surface area (Å²) in [5, 5.41) is 60.2. The Hall–Kier alpha value is -0.515. The molecule has 0 aliphatic carbocycles. The third-order valence-electron chi connectivity index (χ3n) is 12.2. The Balaban J connectivity index is -0.000000419. The van der Waals surface area contributed by atoms with Gasteiger partial charge in [-0.15, -0.1) is 0 Å². The van der Waals surface area contributed by atoms with Crippen molar-refractivity contribution >= 4 is 17.9 Å². The third kappa shape index (κ3) is 70.5. The van der Waals surface area contributed by atoms with E-state index in [-0.39, 0.29) is 73.2 Å². The Morgan fingerprint density at radius 2 is 0.422 bits per heavy atom. The van der Waals surface area contributed by atoms with E-state index in [1.54, 1.807) is 0 Å². The molecule has 0 heterocycles. The first-order chi connectivity index (χ1) is 30.5. The number of rotatable bonds is 48. The Kier molecular flexibility index (Phi) is 66.2. The van der Waals surface area contributed by atoms with Crippen LogP contribution in [0.4, 0.5) is 0 Å². The second kappa shape index (κ2) is 60.5. The Morgan fingerprint density at radius 1 is 0.281 bits per heavy atom. The molecule has 3 N–H and O–H groups in total. The van der Waals surface area contributed by atoms with Gasteiger partial charge in [-0.25, -0.2) is 0 Å². The average Bonchev–Trinajstić information content (AvgIpc) is 3.24. The molecule has 0 aromatic carbocycles. The van der Waals surface area contributed by atoms with Crippen LogP contribution in [0.3, 0.4) is 0 Å². The maximum absolute atomic E-state index is 10.2. The summed E-state index contributed by atoms with van der Waals surface area (Å²) in [6, 6.07) is 0. The quantitative estimate of drug-likeness (QED) is 0.0500. The molecule has 0 aliphatic rings. The summed E-state index contributed by atoms with van der Waals surface area (Å²) in [5.74, 6) is -2.78. The number of aliphatic hydroxyl groups excluding tert-OH is 3. The van der Waals surface area contributed by atoms with E-state index < -0.39 is 17.9 Å². The van der Waals surface area contributed by atoms with Crippen LogP contribution in [0, 0.1) is 35.6 Å². The van der Waals surface area contributed by atoms with Crippen LogP contribution in [0.1, 0.15) is 310 Å². The van der Waals surface area contributed by atoms with Crippen LogP contribution < -0.4 is 15.3 Å². The number of unbranched alkanes of at least 4 members (excludes halogenated alkanes) is 30. The number of hydrogen-bond donors (Lipinski definition) is 3. The molecule has 0 rings (SSSR count). The summed E-state index contributed by atoms with van der Waals surface area (Å²) in [6.45, 7) is 6.62. The number of carbonyl (C=O) groups excluding carboxylic acids is 3. The molecule has 9 nitrogen and oxygen atoms in total. The zero-order valence-electron chi connectivity index (χ0n) is 42.4. The fourth-order valence-corrected chi connectivity index (χ4v) is 7.98. The number of carboxylic acids is 3. The van der Waals surface area contributed by atoms with Crippen LogP contribution >= 0.6 is 0 Å². The molecular formula is C54H105LaO9. The first-order valence-electron chi connectivity index (χ1n) is 27.1. The van der Waals surface area contributed by atoms with Crippen molar-refractivity contribution in [2.75, 3.05) is 0 Å². The van der Waals surface area contributed by atoms with Crippen molar-refractivity contribution in [1.82, 2.24) is 0 Å². The zero-order chi connectivity index (χ0) is 47.3. The topological polar surface area (TPSA) is 181 Å². The van der Waals surface area contributed by atoms with Crippen molar-refractivity contribution in [2.24, 2.45) is 0 Å². The zero-order valence-corrected chi connectivity index (χ0v) is 46.0. The second-order valence-electron chi connectivity index (χ2n) is 18.7. The summed E-state index contributed by atoms with van der Waals surface area (Å²) >= 11 is 0. The number of carboxylic acid groups (broad SMARTS) is 3. The van der Waals surface area contributed by atoms with E-state index in [4.69, 9.17) is 0 Å². The predicted octanol–water partition coefficient (Wildman–Crippen LogP) is 11.9. The minimum Gasteiger partial charge on any atom is -0.550 e. The van der Waals surface area contributed by atoms with Gasteiger partial charge < -0.3 is 45.0 Å². The van der Waals surface area contributed by atoms with Gasteiger partial charge in [-0.05, 0) is 77.0 Å². The van der Waals surface area contributed by atoms with E-state index in [1.807, 2.05) is 0 Å². The van der Waals surface area contributed by atoms with Crippen LogP contribution in [-0.4, -0.2) is 51.5 Å². The number of hydrogen-bond acceptors (Lipinski definition) is 9. The maximum Gasteiger partial charge on any atom is 3.00 e. The summed E-state index contributed by atoms with van der Waals surface area (Å²) in [7, 11) is 0. The molecule has 0 aromatic heterocycles. The van der Waals surface area contributed by atoms with Gasteiger partial charge in [0.2, 0.25) is 0 Å². The van der Waals surface area contributed by atoms with Crippen molar-refractivity contribution in [3.63, 3.8) is 0 Å². The normalized spacial score (nSPS) is 12.3. The number of carbonyl (C=O) groups is 3. The van der Waals surface area contributed by atoms with E-state index >= 15 is 0 Å².